The molecule has 0 aromatic heterocycles. The lowest BCUT2D eigenvalue weighted by Gasteiger charge is -2.10. The number of para-hydroxylation sites is 1. The van der Waals surface area contributed by atoms with Gasteiger partial charge in [-0.3, -0.25) is 4.79 Å². The molecule has 1 aromatic carbocycles. The Balaban J connectivity index is 3.09. The van der Waals surface area contributed by atoms with E-state index in [1.807, 2.05) is 13.0 Å². The first-order valence-corrected chi connectivity index (χ1v) is 5.20. The number of hydrogen-bond acceptors (Lipinski definition) is 3. The minimum Gasteiger partial charge on any atom is -0.493 e. The van der Waals surface area contributed by atoms with Gasteiger partial charge >= 0.3 is 0 Å². The van der Waals surface area contributed by atoms with Gasteiger partial charge in [0.05, 0.1) is 18.9 Å². The van der Waals surface area contributed by atoms with Gasteiger partial charge in [-0.15, -0.1) is 0 Å². The second-order valence-electron chi connectivity index (χ2n) is 3.29. The average molecular weight is 220 g/mol. The van der Waals surface area contributed by atoms with Crippen molar-refractivity contribution in [3.8, 4) is 11.5 Å². The molecule has 0 fully saturated rings. The van der Waals surface area contributed by atoms with Crippen LogP contribution in [0.1, 0.15) is 30.6 Å². The van der Waals surface area contributed by atoms with E-state index in [0.29, 0.717) is 17.1 Å². The maximum absolute atomic E-state index is 11.4. The predicted molar refractivity (Wildman–Crippen MR) is 63.1 cm³/mol. The summed E-state index contributed by atoms with van der Waals surface area (Å²) in [5.41, 5.74) is 0.528. The molecule has 16 heavy (non-hydrogen) atoms. The molecule has 0 atom stereocenters. The molecule has 0 bridgehead atoms. The maximum atomic E-state index is 11.4. The molecule has 3 heteroatoms. The summed E-state index contributed by atoms with van der Waals surface area (Å²) < 4.78 is 10.6. The third-order valence-electron chi connectivity index (χ3n) is 2.10. The van der Waals surface area contributed by atoms with Gasteiger partial charge in [0.15, 0.2) is 17.3 Å². The van der Waals surface area contributed by atoms with Gasteiger partial charge in [-0.2, -0.15) is 0 Å². The van der Waals surface area contributed by atoms with Crippen molar-refractivity contribution >= 4 is 5.78 Å². The summed E-state index contributed by atoms with van der Waals surface area (Å²) in [4.78, 5) is 11.4. The minimum absolute atomic E-state index is 0.0428. The molecule has 0 aliphatic heterocycles. The Labute approximate surface area is 95.7 Å². The Morgan fingerprint density at radius 2 is 2.19 bits per heavy atom. The Morgan fingerprint density at radius 1 is 1.44 bits per heavy atom. The van der Waals surface area contributed by atoms with E-state index < -0.39 is 0 Å². The molecule has 1 aromatic rings. The highest BCUT2D eigenvalue weighted by atomic mass is 16.5. The molecule has 0 N–H and O–H groups in total. The van der Waals surface area contributed by atoms with E-state index in [0.717, 1.165) is 6.42 Å². The number of Topliss-reactive ketones (excluding diaryl/α,β-unsaturated/α-hetero) is 1. The normalized spacial score (nSPS) is 10.4. The number of benzene rings is 1. The van der Waals surface area contributed by atoms with Gasteiger partial charge in [0.1, 0.15) is 0 Å². The van der Waals surface area contributed by atoms with Gasteiger partial charge in [0.25, 0.3) is 0 Å². The fourth-order valence-electron chi connectivity index (χ4n) is 1.29. The second-order valence-corrected chi connectivity index (χ2v) is 3.29. The SMILES string of the molecule is CCC=COc1c(OC)cccc1C(C)=O. The van der Waals surface area contributed by atoms with E-state index in [-0.39, 0.29) is 5.78 Å². The average Bonchev–Trinajstić information content (AvgIpc) is 2.29. The van der Waals surface area contributed by atoms with E-state index >= 15 is 0 Å². The summed E-state index contributed by atoms with van der Waals surface area (Å²) in [6.07, 6.45) is 4.32. The number of methoxy groups -OCH3 is 1. The third kappa shape index (κ3) is 2.86. The lowest BCUT2D eigenvalue weighted by atomic mass is 10.1. The standard InChI is InChI=1S/C13H16O3/c1-4-5-9-16-13-11(10(2)14)7-6-8-12(13)15-3/h5-9H,4H2,1-3H3. The number of rotatable bonds is 5. The summed E-state index contributed by atoms with van der Waals surface area (Å²) >= 11 is 0. The summed E-state index contributed by atoms with van der Waals surface area (Å²) in [5, 5.41) is 0. The number of allylic oxidation sites excluding steroid dienone is 1. The third-order valence-corrected chi connectivity index (χ3v) is 2.10. The monoisotopic (exact) mass is 220 g/mol. The van der Waals surface area contributed by atoms with E-state index in [1.165, 1.54) is 6.92 Å². The topological polar surface area (TPSA) is 35.5 Å². The lowest BCUT2D eigenvalue weighted by Crippen LogP contribution is -1.99. The van der Waals surface area contributed by atoms with Gasteiger partial charge < -0.3 is 9.47 Å². The van der Waals surface area contributed by atoms with Gasteiger partial charge in [-0.05, 0) is 31.6 Å². The van der Waals surface area contributed by atoms with E-state index in [1.54, 1.807) is 31.6 Å². The number of ether oxygens (including phenoxy) is 2. The number of carbonyl (C=O) groups excluding carboxylic acids is 1. The minimum atomic E-state index is -0.0428. The summed E-state index contributed by atoms with van der Waals surface area (Å²) in [6.45, 7) is 3.51. The molecular weight excluding hydrogens is 204 g/mol. The molecule has 0 aliphatic carbocycles. The first kappa shape index (κ1) is 12.3. The van der Waals surface area contributed by atoms with Crippen LogP contribution in [0.3, 0.4) is 0 Å². The van der Waals surface area contributed by atoms with Crippen LogP contribution in [-0.2, 0) is 0 Å². The Kier molecular flexibility index (Phi) is 4.58. The highest BCUT2D eigenvalue weighted by molar-refractivity contribution is 5.97. The largest absolute Gasteiger partial charge is 0.493 e. The molecule has 0 heterocycles. The molecule has 1 rings (SSSR count). The molecule has 0 amide bonds. The molecule has 86 valence electrons. The number of hydrogen-bond donors (Lipinski definition) is 0. The van der Waals surface area contributed by atoms with E-state index in [2.05, 4.69) is 0 Å². The van der Waals surface area contributed by atoms with Crippen LogP contribution in [0.2, 0.25) is 0 Å². The molecule has 0 unspecified atom stereocenters. The Hall–Kier alpha value is -1.77. The van der Waals surface area contributed by atoms with Crippen molar-refractivity contribution in [1.29, 1.82) is 0 Å². The maximum Gasteiger partial charge on any atom is 0.179 e. The van der Waals surface area contributed by atoms with Crippen molar-refractivity contribution in [3.63, 3.8) is 0 Å². The van der Waals surface area contributed by atoms with E-state index in [4.69, 9.17) is 9.47 Å². The highest BCUT2D eigenvalue weighted by Crippen LogP contribution is 2.31. The van der Waals surface area contributed by atoms with Crippen molar-refractivity contribution in [1.82, 2.24) is 0 Å². The van der Waals surface area contributed by atoms with Crippen molar-refractivity contribution in [2.45, 2.75) is 20.3 Å². The molecule has 3 nitrogen and oxygen atoms in total. The second kappa shape index (κ2) is 5.95. The van der Waals surface area contributed by atoms with E-state index in [9.17, 15) is 4.79 Å². The molecule has 0 aliphatic rings. The van der Waals surface area contributed by atoms with Crippen LogP contribution in [-0.4, -0.2) is 12.9 Å². The van der Waals surface area contributed by atoms with Gasteiger partial charge in [0.2, 0.25) is 0 Å². The fourth-order valence-corrected chi connectivity index (χ4v) is 1.29. The van der Waals surface area contributed by atoms with Gasteiger partial charge in [0, 0.05) is 0 Å². The lowest BCUT2D eigenvalue weighted by molar-refractivity contribution is 0.101. The molecule has 0 radical (unpaired) electrons. The Bertz CT molecular complexity index is 394. The highest BCUT2D eigenvalue weighted by Gasteiger charge is 2.12. The summed E-state index contributed by atoms with van der Waals surface area (Å²) in [5.74, 6) is 0.995. The van der Waals surface area contributed by atoms with Crippen molar-refractivity contribution in [3.05, 3.63) is 36.1 Å². The zero-order valence-corrected chi connectivity index (χ0v) is 9.82. The predicted octanol–water partition coefficient (Wildman–Crippen LogP) is 3.20. The van der Waals surface area contributed by atoms with Crippen LogP contribution in [0.15, 0.2) is 30.5 Å². The first-order chi connectivity index (χ1) is 7.70. The number of carbonyl (C=O) groups is 1. The molecular formula is C13H16O3. The number of ketones is 1. The van der Waals surface area contributed by atoms with Crippen LogP contribution in [0.4, 0.5) is 0 Å². The van der Waals surface area contributed by atoms with Crippen molar-refractivity contribution < 1.29 is 14.3 Å². The summed E-state index contributed by atoms with van der Waals surface area (Å²) in [7, 11) is 1.55. The molecule has 0 spiro atoms. The van der Waals surface area contributed by atoms with Crippen LogP contribution in [0, 0.1) is 0 Å². The van der Waals surface area contributed by atoms with Crippen molar-refractivity contribution in [2.75, 3.05) is 7.11 Å². The molecule has 0 saturated heterocycles. The van der Waals surface area contributed by atoms with Crippen LogP contribution in [0.25, 0.3) is 0 Å². The zero-order valence-electron chi connectivity index (χ0n) is 9.82. The van der Waals surface area contributed by atoms with Crippen LogP contribution in [0.5, 0.6) is 11.5 Å². The molecule has 0 saturated carbocycles. The fraction of sp³-hybridized carbons (Fsp3) is 0.308. The van der Waals surface area contributed by atoms with Crippen LogP contribution < -0.4 is 9.47 Å². The summed E-state index contributed by atoms with van der Waals surface area (Å²) in [6, 6.07) is 5.26. The van der Waals surface area contributed by atoms with Gasteiger partial charge in [-0.25, -0.2) is 0 Å². The Morgan fingerprint density at radius 3 is 2.75 bits per heavy atom. The van der Waals surface area contributed by atoms with Gasteiger partial charge in [-0.1, -0.05) is 13.0 Å². The van der Waals surface area contributed by atoms with Crippen molar-refractivity contribution in [2.24, 2.45) is 0 Å². The smallest absolute Gasteiger partial charge is 0.179 e. The van der Waals surface area contributed by atoms with Crippen LogP contribution >= 0.6 is 0 Å². The zero-order chi connectivity index (χ0) is 12.0. The first-order valence-electron chi connectivity index (χ1n) is 5.20. The quantitative estimate of drug-likeness (QED) is 0.564.